The number of ether oxygens (including phenoxy) is 1. The molecule has 0 radical (unpaired) electrons. The van der Waals surface area contributed by atoms with Crippen LogP contribution in [0.1, 0.15) is 63.4 Å². The topological polar surface area (TPSA) is 21.3 Å². The highest BCUT2D eigenvalue weighted by atomic mass is 35.5. The largest absolute Gasteiger partial charge is 0.492 e. The van der Waals surface area contributed by atoms with E-state index in [0.29, 0.717) is 5.92 Å². The van der Waals surface area contributed by atoms with E-state index >= 15 is 0 Å². The second-order valence-electron chi connectivity index (χ2n) is 5.97. The fourth-order valence-corrected chi connectivity index (χ4v) is 3.22. The molecule has 0 aromatic heterocycles. The summed E-state index contributed by atoms with van der Waals surface area (Å²) in [6, 6.07) is 6.09. The van der Waals surface area contributed by atoms with Gasteiger partial charge >= 0.3 is 0 Å². The molecule has 1 aliphatic rings. The summed E-state index contributed by atoms with van der Waals surface area (Å²) < 4.78 is 6.00. The Bertz CT molecular complexity index is 416. The molecule has 1 aromatic carbocycles. The highest BCUT2D eigenvalue weighted by Gasteiger charge is 2.19. The van der Waals surface area contributed by atoms with Crippen molar-refractivity contribution in [3.05, 3.63) is 28.8 Å². The van der Waals surface area contributed by atoms with Crippen LogP contribution in [0.15, 0.2) is 18.2 Å². The van der Waals surface area contributed by atoms with Crippen molar-refractivity contribution in [1.82, 2.24) is 5.32 Å². The van der Waals surface area contributed by atoms with Crippen molar-refractivity contribution >= 4 is 11.6 Å². The molecule has 2 nitrogen and oxygen atoms in total. The van der Waals surface area contributed by atoms with E-state index in [9.17, 15) is 0 Å². The van der Waals surface area contributed by atoms with Gasteiger partial charge in [0, 0.05) is 11.6 Å². The molecule has 1 N–H and O–H groups in total. The minimum Gasteiger partial charge on any atom is -0.492 e. The Morgan fingerprint density at radius 2 is 2.00 bits per heavy atom. The zero-order valence-corrected chi connectivity index (χ0v) is 13.9. The van der Waals surface area contributed by atoms with Crippen LogP contribution >= 0.6 is 11.6 Å². The van der Waals surface area contributed by atoms with E-state index in [0.717, 1.165) is 30.5 Å². The fraction of sp³-hybridized carbons (Fsp3) is 0.667. The first-order valence-corrected chi connectivity index (χ1v) is 8.82. The molecule has 1 aromatic rings. The summed E-state index contributed by atoms with van der Waals surface area (Å²) in [5.74, 6) is 1.66. The maximum absolute atomic E-state index is 6.19. The first-order chi connectivity index (χ1) is 10.3. The number of unbranched alkanes of at least 4 members (excludes halogenated alkanes) is 1. The van der Waals surface area contributed by atoms with Crippen LogP contribution in [-0.2, 0) is 0 Å². The number of rotatable bonds is 8. The molecule has 0 bridgehead atoms. The van der Waals surface area contributed by atoms with E-state index in [-0.39, 0.29) is 0 Å². The zero-order valence-electron chi connectivity index (χ0n) is 13.2. The molecule has 2 rings (SSSR count). The Labute approximate surface area is 134 Å². The van der Waals surface area contributed by atoms with Crippen LogP contribution in [0.2, 0.25) is 5.02 Å². The summed E-state index contributed by atoms with van der Waals surface area (Å²) in [6.45, 7) is 4.93. The second-order valence-corrected chi connectivity index (χ2v) is 6.41. The maximum Gasteiger partial charge on any atom is 0.122 e. The van der Waals surface area contributed by atoms with Gasteiger partial charge in [0.05, 0.1) is 0 Å². The highest BCUT2D eigenvalue weighted by molar-refractivity contribution is 6.30. The Hall–Kier alpha value is -0.730. The predicted octanol–water partition coefficient (Wildman–Crippen LogP) is 5.16. The molecule has 1 saturated carbocycles. The lowest BCUT2D eigenvalue weighted by molar-refractivity contribution is 0.305. The molecule has 118 valence electrons. The maximum atomic E-state index is 6.19. The van der Waals surface area contributed by atoms with Gasteiger partial charge in [-0.1, -0.05) is 44.2 Å². The van der Waals surface area contributed by atoms with Crippen LogP contribution in [0.4, 0.5) is 0 Å². The van der Waals surface area contributed by atoms with Gasteiger partial charge in [0.25, 0.3) is 0 Å². The summed E-state index contributed by atoms with van der Waals surface area (Å²) in [5.41, 5.74) is 1.32. The monoisotopic (exact) mass is 309 g/mol. The summed E-state index contributed by atoms with van der Waals surface area (Å²) in [7, 11) is 0. The van der Waals surface area contributed by atoms with Gasteiger partial charge in [0.1, 0.15) is 12.4 Å². The standard InChI is InChI=1S/C18H28ClNO/c1-2-3-11-20-12-13-21-18-10-9-16(19)14-17(18)15-7-5-4-6-8-15/h9-10,14-15,20H,2-8,11-13H2,1H3. The van der Waals surface area contributed by atoms with E-state index in [1.165, 1.54) is 50.5 Å². The van der Waals surface area contributed by atoms with Crippen molar-refractivity contribution in [2.75, 3.05) is 19.7 Å². The SMILES string of the molecule is CCCCNCCOc1ccc(Cl)cc1C1CCCCC1. The van der Waals surface area contributed by atoms with Crippen molar-refractivity contribution in [1.29, 1.82) is 0 Å². The number of hydrogen-bond donors (Lipinski definition) is 1. The Balaban J connectivity index is 1.88. The van der Waals surface area contributed by atoms with Crippen molar-refractivity contribution in [2.45, 2.75) is 57.8 Å². The van der Waals surface area contributed by atoms with Gasteiger partial charge in [-0.2, -0.15) is 0 Å². The van der Waals surface area contributed by atoms with Gasteiger partial charge in [-0.3, -0.25) is 0 Å². The highest BCUT2D eigenvalue weighted by Crippen LogP contribution is 2.38. The summed E-state index contributed by atoms with van der Waals surface area (Å²) >= 11 is 6.19. The molecule has 21 heavy (non-hydrogen) atoms. The van der Waals surface area contributed by atoms with Crippen LogP contribution < -0.4 is 10.1 Å². The number of nitrogens with one attached hydrogen (secondary N) is 1. The summed E-state index contributed by atoms with van der Waals surface area (Å²) in [6.07, 6.45) is 9.03. The van der Waals surface area contributed by atoms with E-state index in [1.54, 1.807) is 0 Å². The van der Waals surface area contributed by atoms with Crippen molar-refractivity contribution < 1.29 is 4.74 Å². The molecular formula is C18H28ClNO. The molecule has 0 unspecified atom stereocenters. The predicted molar refractivity (Wildman–Crippen MR) is 90.6 cm³/mol. The van der Waals surface area contributed by atoms with E-state index in [2.05, 4.69) is 18.3 Å². The first kappa shape index (κ1) is 16.6. The molecule has 0 spiro atoms. The van der Waals surface area contributed by atoms with Gasteiger partial charge < -0.3 is 10.1 Å². The smallest absolute Gasteiger partial charge is 0.122 e. The third-order valence-corrected chi connectivity index (χ3v) is 4.50. The van der Waals surface area contributed by atoms with Crippen LogP contribution in [0.5, 0.6) is 5.75 Å². The number of benzene rings is 1. The average Bonchev–Trinajstić information content (AvgIpc) is 2.53. The van der Waals surface area contributed by atoms with Crippen molar-refractivity contribution in [3.8, 4) is 5.75 Å². The lowest BCUT2D eigenvalue weighted by Gasteiger charge is -2.24. The third-order valence-electron chi connectivity index (χ3n) is 4.26. The van der Waals surface area contributed by atoms with Crippen molar-refractivity contribution in [3.63, 3.8) is 0 Å². The first-order valence-electron chi connectivity index (χ1n) is 8.44. The normalized spacial score (nSPS) is 16.1. The summed E-state index contributed by atoms with van der Waals surface area (Å²) in [4.78, 5) is 0. The van der Waals surface area contributed by atoms with Crippen molar-refractivity contribution in [2.24, 2.45) is 0 Å². The molecule has 0 saturated heterocycles. The van der Waals surface area contributed by atoms with Gasteiger partial charge in [-0.05, 0) is 55.5 Å². The van der Waals surface area contributed by atoms with Gasteiger partial charge in [0.15, 0.2) is 0 Å². The van der Waals surface area contributed by atoms with E-state index in [4.69, 9.17) is 16.3 Å². The van der Waals surface area contributed by atoms with Gasteiger partial charge in [0.2, 0.25) is 0 Å². The molecule has 1 aliphatic carbocycles. The van der Waals surface area contributed by atoms with E-state index < -0.39 is 0 Å². The number of halogens is 1. The average molecular weight is 310 g/mol. The fourth-order valence-electron chi connectivity index (χ4n) is 3.04. The summed E-state index contributed by atoms with van der Waals surface area (Å²) in [5, 5.41) is 4.24. The lowest BCUT2D eigenvalue weighted by Crippen LogP contribution is -2.22. The molecule has 1 fully saturated rings. The minimum absolute atomic E-state index is 0.625. The van der Waals surface area contributed by atoms with Gasteiger partial charge in [-0.25, -0.2) is 0 Å². The Morgan fingerprint density at radius 3 is 2.76 bits per heavy atom. The molecule has 0 amide bonds. The molecule has 0 aliphatic heterocycles. The minimum atomic E-state index is 0.625. The van der Waals surface area contributed by atoms with Crippen LogP contribution in [-0.4, -0.2) is 19.7 Å². The second kappa shape index (κ2) is 9.32. The quantitative estimate of drug-likeness (QED) is 0.670. The van der Waals surface area contributed by atoms with Crippen LogP contribution in [0.3, 0.4) is 0 Å². The Kier molecular flexibility index (Phi) is 7.38. The van der Waals surface area contributed by atoms with Gasteiger partial charge in [-0.15, -0.1) is 0 Å². The van der Waals surface area contributed by atoms with Crippen LogP contribution in [0, 0.1) is 0 Å². The molecule has 0 atom stereocenters. The van der Waals surface area contributed by atoms with Crippen LogP contribution in [0.25, 0.3) is 0 Å². The molecular weight excluding hydrogens is 282 g/mol. The molecule has 0 heterocycles. The zero-order chi connectivity index (χ0) is 14.9. The molecule has 3 heteroatoms. The Morgan fingerprint density at radius 1 is 1.19 bits per heavy atom. The third kappa shape index (κ3) is 5.52. The lowest BCUT2D eigenvalue weighted by atomic mass is 9.84. The number of hydrogen-bond acceptors (Lipinski definition) is 2. The van der Waals surface area contributed by atoms with E-state index in [1.807, 2.05) is 12.1 Å².